The molecule has 0 rings (SSSR count). The number of hydrogen-bond donors (Lipinski definition) is 1. The van der Waals surface area contributed by atoms with Crippen LogP contribution in [-0.4, -0.2) is 10.5 Å². The molecule has 11 heavy (non-hydrogen) atoms. The molecule has 0 bridgehead atoms. The summed E-state index contributed by atoms with van der Waals surface area (Å²) in [4.78, 5) is 3.85. The van der Waals surface area contributed by atoms with Crippen LogP contribution >= 0.6 is 24.8 Å². The van der Waals surface area contributed by atoms with Crippen LogP contribution in [0.4, 0.5) is 0 Å². The molecule has 1 unspecified atom stereocenters. The minimum absolute atomic E-state index is 0.0735. The van der Waals surface area contributed by atoms with Crippen molar-refractivity contribution in [3.05, 3.63) is 0 Å². The fourth-order valence-electron chi connectivity index (χ4n) is 0.879. The largest absolute Gasteiger partial charge is 0.218 e. The van der Waals surface area contributed by atoms with Gasteiger partial charge in [0.25, 0.3) is 0 Å². The summed E-state index contributed by atoms with van der Waals surface area (Å²) >= 11 is 8.68. The topological polar surface area (TPSA) is 12.4 Å². The number of nitrogens with zero attached hydrogens (tertiary/aromatic N) is 1. The predicted octanol–water partition coefficient (Wildman–Crippen LogP) is 3.32. The van der Waals surface area contributed by atoms with Crippen LogP contribution in [0.2, 0.25) is 0 Å². The lowest BCUT2D eigenvalue weighted by molar-refractivity contribution is 0.627. The van der Waals surface area contributed by atoms with E-state index in [9.17, 15) is 0 Å². The summed E-state index contributed by atoms with van der Waals surface area (Å²) in [6.07, 6.45) is 6.07. The number of unbranched alkanes of at least 4 members (excludes halogenated alkanes) is 3. The third-order valence-electron chi connectivity index (χ3n) is 1.52. The van der Waals surface area contributed by atoms with Gasteiger partial charge in [0.05, 0.1) is 5.16 Å². The van der Waals surface area contributed by atoms with Crippen LogP contribution in [0.25, 0.3) is 0 Å². The molecule has 0 saturated heterocycles. The molecule has 0 radical (unpaired) electrons. The van der Waals surface area contributed by atoms with Gasteiger partial charge < -0.3 is 0 Å². The Morgan fingerprint density at radius 1 is 1.45 bits per heavy atom. The molecule has 0 aliphatic heterocycles. The number of thiocarbonyl (C=S) groups is 1. The van der Waals surface area contributed by atoms with Crippen molar-refractivity contribution in [2.45, 2.75) is 44.4 Å². The van der Waals surface area contributed by atoms with Crippen molar-refractivity contribution in [2.24, 2.45) is 4.99 Å². The van der Waals surface area contributed by atoms with Crippen molar-refractivity contribution in [1.29, 1.82) is 0 Å². The van der Waals surface area contributed by atoms with Gasteiger partial charge in [0.2, 0.25) is 0 Å². The summed E-state index contributed by atoms with van der Waals surface area (Å²) < 4.78 is 0. The molecule has 3 heteroatoms. The van der Waals surface area contributed by atoms with Crippen LogP contribution in [-0.2, 0) is 0 Å². The molecule has 1 nitrogen and oxygen atoms in total. The highest BCUT2D eigenvalue weighted by Gasteiger charge is 1.97. The van der Waals surface area contributed by atoms with Crippen LogP contribution in [0.15, 0.2) is 4.99 Å². The van der Waals surface area contributed by atoms with E-state index < -0.39 is 0 Å². The molecular weight excluding hydrogens is 174 g/mol. The number of rotatable bonds is 6. The molecule has 0 aromatic heterocycles. The van der Waals surface area contributed by atoms with E-state index in [0.29, 0.717) is 0 Å². The lowest BCUT2D eigenvalue weighted by Crippen LogP contribution is -1.92. The monoisotopic (exact) mass is 189 g/mol. The van der Waals surface area contributed by atoms with Gasteiger partial charge in [0.1, 0.15) is 5.37 Å². The van der Waals surface area contributed by atoms with Gasteiger partial charge in [-0.2, -0.15) is 12.6 Å². The van der Waals surface area contributed by atoms with Gasteiger partial charge in [-0.1, -0.05) is 32.6 Å². The molecule has 0 aliphatic rings. The smallest absolute Gasteiger partial charge is 0.103 e. The van der Waals surface area contributed by atoms with E-state index in [2.05, 4.69) is 41.9 Å². The lowest BCUT2D eigenvalue weighted by atomic mass is 10.1. The van der Waals surface area contributed by atoms with Gasteiger partial charge in [-0.15, -0.1) is 0 Å². The standard InChI is InChI=1S/C8H15NS2/c1-2-3-4-5-6-8(11)9-7-10/h8,11H,2-6H2,1H3. The summed E-state index contributed by atoms with van der Waals surface area (Å²) in [6, 6.07) is 0. The average Bonchev–Trinajstić information content (AvgIpc) is 1.99. The number of hydrogen-bond acceptors (Lipinski definition) is 3. The van der Waals surface area contributed by atoms with Crippen molar-refractivity contribution < 1.29 is 0 Å². The minimum Gasteiger partial charge on any atom is -0.218 e. The van der Waals surface area contributed by atoms with Gasteiger partial charge in [-0.25, -0.2) is 4.99 Å². The Morgan fingerprint density at radius 3 is 2.73 bits per heavy atom. The highest BCUT2D eigenvalue weighted by molar-refractivity contribution is 7.81. The van der Waals surface area contributed by atoms with E-state index in [1.165, 1.54) is 25.7 Å². The Labute approximate surface area is 79.7 Å². The van der Waals surface area contributed by atoms with E-state index in [4.69, 9.17) is 0 Å². The van der Waals surface area contributed by atoms with E-state index >= 15 is 0 Å². The zero-order valence-electron chi connectivity index (χ0n) is 6.92. The maximum Gasteiger partial charge on any atom is 0.103 e. The van der Waals surface area contributed by atoms with Crippen LogP contribution in [0.3, 0.4) is 0 Å². The first-order valence-corrected chi connectivity index (χ1v) is 4.98. The van der Waals surface area contributed by atoms with E-state index in [-0.39, 0.29) is 5.37 Å². The fourth-order valence-corrected chi connectivity index (χ4v) is 1.32. The second-order valence-electron chi connectivity index (χ2n) is 2.55. The normalized spacial score (nSPS) is 12.2. The zero-order chi connectivity index (χ0) is 8.53. The Morgan fingerprint density at radius 2 is 2.18 bits per heavy atom. The number of thiol groups is 1. The van der Waals surface area contributed by atoms with Crippen LogP contribution in [0.1, 0.15) is 39.0 Å². The first kappa shape index (κ1) is 11.2. The summed E-state index contributed by atoms with van der Waals surface area (Å²) in [5, 5.41) is 2.41. The third-order valence-corrected chi connectivity index (χ3v) is 2.00. The Kier molecular flexibility index (Phi) is 8.36. The number of aliphatic imine (C=N–C) groups is 1. The summed E-state index contributed by atoms with van der Waals surface area (Å²) in [6.45, 7) is 2.20. The number of isothiocyanates is 1. The molecule has 0 amide bonds. The summed E-state index contributed by atoms with van der Waals surface area (Å²) in [5.74, 6) is 0. The maximum absolute atomic E-state index is 4.46. The molecule has 0 aromatic rings. The van der Waals surface area contributed by atoms with Crippen LogP contribution in [0, 0.1) is 0 Å². The van der Waals surface area contributed by atoms with Crippen molar-refractivity contribution in [2.75, 3.05) is 0 Å². The summed E-state index contributed by atoms with van der Waals surface area (Å²) in [5.41, 5.74) is 0. The van der Waals surface area contributed by atoms with E-state index in [1.54, 1.807) is 0 Å². The van der Waals surface area contributed by atoms with Gasteiger partial charge in [-0.05, 0) is 18.6 Å². The van der Waals surface area contributed by atoms with Gasteiger partial charge in [0.15, 0.2) is 0 Å². The van der Waals surface area contributed by atoms with E-state index in [0.717, 1.165) is 6.42 Å². The molecule has 0 N–H and O–H groups in total. The quantitative estimate of drug-likeness (QED) is 0.292. The summed E-state index contributed by atoms with van der Waals surface area (Å²) in [7, 11) is 0. The first-order valence-electron chi connectivity index (χ1n) is 4.06. The van der Waals surface area contributed by atoms with Crippen LogP contribution < -0.4 is 0 Å². The molecule has 0 spiro atoms. The van der Waals surface area contributed by atoms with Gasteiger partial charge in [0, 0.05) is 0 Å². The van der Waals surface area contributed by atoms with Gasteiger partial charge >= 0.3 is 0 Å². The SMILES string of the molecule is CCCCCCC(S)N=C=S. The van der Waals surface area contributed by atoms with E-state index in [1.807, 2.05) is 0 Å². The van der Waals surface area contributed by atoms with Gasteiger partial charge in [-0.3, -0.25) is 0 Å². The van der Waals surface area contributed by atoms with Crippen molar-refractivity contribution in [3.63, 3.8) is 0 Å². The molecule has 0 saturated carbocycles. The Bertz CT molecular complexity index is 130. The minimum atomic E-state index is 0.0735. The maximum atomic E-state index is 4.46. The zero-order valence-corrected chi connectivity index (χ0v) is 8.63. The lowest BCUT2D eigenvalue weighted by Gasteiger charge is -2.01. The highest BCUT2D eigenvalue weighted by atomic mass is 32.1. The Hall–Kier alpha value is 0.150. The molecule has 0 aromatic carbocycles. The van der Waals surface area contributed by atoms with Crippen molar-refractivity contribution >= 4 is 30.0 Å². The van der Waals surface area contributed by atoms with Crippen molar-refractivity contribution in [1.82, 2.24) is 0 Å². The second kappa shape index (κ2) is 8.25. The molecule has 0 aliphatic carbocycles. The second-order valence-corrected chi connectivity index (χ2v) is 3.33. The molecule has 0 fully saturated rings. The molecule has 64 valence electrons. The third kappa shape index (κ3) is 8.05. The first-order chi connectivity index (χ1) is 5.31. The fraction of sp³-hybridized carbons (Fsp3) is 0.875. The highest BCUT2D eigenvalue weighted by Crippen LogP contribution is 2.09. The van der Waals surface area contributed by atoms with Crippen LogP contribution in [0.5, 0.6) is 0 Å². The predicted molar refractivity (Wildman–Crippen MR) is 56.6 cm³/mol. The molecule has 1 atom stereocenters. The Balaban J connectivity index is 3.17. The molecule has 0 heterocycles. The van der Waals surface area contributed by atoms with Crippen molar-refractivity contribution in [3.8, 4) is 0 Å². The molecular formula is C8H15NS2. The average molecular weight is 189 g/mol.